The van der Waals surface area contributed by atoms with Crippen LogP contribution >= 0.6 is 0 Å². The van der Waals surface area contributed by atoms with Crippen LogP contribution in [0.3, 0.4) is 0 Å². The van der Waals surface area contributed by atoms with E-state index in [1.54, 1.807) is 0 Å². The minimum atomic E-state index is 0. The van der Waals surface area contributed by atoms with Gasteiger partial charge >= 0.3 is 26.2 Å². The van der Waals surface area contributed by atoms with E-state index in [1.807, 2.05) is 30.3 Å². The second kappa shape index (κ2) is 10.8. The van der Waals surface area contributed by atoms with E-state index < -0.39 is 0 Å². The maximum atomic E-state index is 2.12. The van der Waals surface area contributed by atoms with E-state index in [4.69, 9.17) is 0 Å². The van der Waals surface area contributed by atoms with Gasteiger partial charge in [0.2, 0.25) is 0 Å². The third-order valence-electron chi connectivity index (χ3n) is 2.10. The summed E-state index contributed by atoms with van der Waals surface area (Å²) < 4.78 is 0. The average molecular weight is 342 g/mol. The van der Waals surface area contributed by atoms with Crippen molar-refractivity contribution < 1.29 is 51.0 Å². The summed E-state index contributed by atoms with van der Waals surface area (Å²) in [7, 11) is 0. The molecule has 86 valence electrons. The third kappa shape index (κ3) is 6.22. The molecule has 0 amide bonds. The predicted octanol–water partition coefficient (Wildman–Crippen LogP) is -2.03. The fourth-order valence-corrected chi connectivity index (χ4v) is 1.39. The SMILES string of the molecule is [Cl-].[Cl-].[Zr+4].c1cc[cH-]c1.c1ccc2[cH-]ccc2c1. The topological polar surface area (TPSA) is 0 Å². The van der Waals surface area contributed by atoms with Crippen LogP contribution in [0.2, 0.25) is 0 Å². The molecule has 0 N–H and O–H groups in total. The van der Waals surface area contributed by atoms with E-state index in [9.17, 15) is 0 Å². The van der Waals surface area contributed by atoms with Crippen LogP contribution in [0.5, 0.6) is 0 Å². The van der Waals surface area contributed by atoms with Gasteiger partial charge in [0.1, 0.15) is 0 Å². The number of hydrogen-bond donors (Lipinski definition) is 0. The fraction of sp³-hybridized carbons (Fsp3) is 0. The largest absolute Gasteiger partial charge is 4.00 e. The zero-order valence-electron chi connectivity index (χ0n) is 9.18. The minimum Gasteiger partial charge on any atom is -1.00 e. The van der Waals surface area contributed by atoms with E-state index in [0.717, 1.165) is 0 Å². The van der Waals surface area contributed by atoms with Crippen molar-refractivity contribution in [2.24, 2.45) is 0 Å². The van der Waals surface area contributed by atoms with Crippen LogP contribution in [-0.4, -0.2) is 0 Å². The fourth-order valence-electron chi connectivity index (χ4n) is 1.39. The Morgan fingerprint density at radius 3 is 1.88 bits per heavy atom. The monoisotopic (exact) mass is 340 g/mol. The van der Waals surface area contributed by atoms with Crippen LogP contribution < -0.4 is 24.8 Å². The van der Waals surface area contributed by atoms with E-state index in [2.05, 4.69) is 42.5 Å². The Kier molecular flexibility index (Phi) is 12.0. The number of rotatable bonds is 0. The first kappa shape index (κ1) is 19.0. The molecule has 3 aromatic rings. The van der Waals surface area contributed by atoms with Gasteiger partial charge in [-0.1, -0.05) is 6.07 Å². The summed E-state index contributed by atoms with van der Waals surface area (Å²) in [5, 5.41) is 2.66. The number of hydrogen-bond acceptors (Lipinski definition) is 0. The summed E-state index contributed by atoms with van der Waals surface area (Å²) in [6, 6.07) is 24.7. The molecule has 0 aliphatic heterocycles. The van der Waals surface area contributed by atoms with Crippen molar-refractivity contribution in [2.75, 3.05) is 0 Å². The average Bonchev–Trinajstić information content (AvgIpc) is 2.92. The smallest absolute Gasteiger partial charge is 1.00 e. The summed E-state index contributed by atoms with van der Waals surface area (Å²) in [4.78, 5) is 0. The minimum absolute atomic E-state index is 0. The van der Waals surface area contributed by atoms with E-state index in [-0.39, 0.29) is 51.0 Å². The van der Waals surface area contributed by atoms with E-state index >= 15 is 0 Å². The van der Waals surface area contributed by atoms with Gasteiger partial charge < -0.3 is 24.8 Å². The quantitative estimate of drug-likeness (QED) is 0.414. The predicted molar refractivity (Wildman–Crippen MR) is 61.6 cm³/mol. The van der Waals surface area contributed by atoms with Crippen LogP contribution in [0.1, 0.15) is 0 Å². The summed E-state index contributed by atoms with van der Waals surface area (Å²) in [6.07, 6.45) is 0. The molecule has 0 saturated carbocycles. The maximum absolute atomic E-state index is 2.12. The van der Waals surface area contributed by atoms with Crippen molar-refractivity contribution in [1.29, 1.82) is 0 Å². The van der Waals surface area contributed by atoms with Gasteiger partial charge in [0.25, 0.3) is 0 Å². The van der Waals surface area contributed by atoms with Crippen LogP contribution in [-0.2, 0) is 26.2 Å². The van der Waals surface area contributed by atoms with Crippen LogP contribution in [0.25, 0.3) is 10.8 Å². The van der Waals surface area contributed by atoms with Crippen molar-refractivity contribution in [3.05, 3.63) is 72.8 Å². The number of halogens is 2. The Morgan fingerprint density at radius 2 is 1.35 bits per heavy atom. The third-order valence-corrected chi connectivity index (χ3v) is 2.10. The normalized spacial score (nSPS) is 7.76. The Labute approximate surface area is 134 Å². The number of benzene rings is 1. The van der Waals surface area contributed by atoms with Gasteiger partial charge in [-0.3, -0.25) is 0 Å². The molecule has 3 heteroatoms. The molecule has 0 aromatic heterocycles. The van der Waals surface area contributed by atoms with E-state index in [0.29, 0.717) is 0 Å². The molecule has 3 rings (SSSR count). The molecule has 0 unspecified atom stereocenters. The summed E-state index contributed by atoms with van der Waals surface area (Å²) >= 11 is 0. The molecule has 0 fully saturated rings. The van der Waals surface area contributed by atoms with Gasteiger partial charge in [-0.15, -0.1) is 29.7 Å². The zero-order chi connectivity index (χ0) is 9.64. The molecule has 0 bridgehead atoms. The second-order valence-electron chi connectivity index (χ2n) is 3.12. The molecule has 0 atom stereocenters. The van der Waals surface area contributed by atoms with Crippen molar-refractivity contribution in [3.8, 4) is 0 Å². The van der Waals surface area contributed by atoms with Gasteiger partial charge in [-0.25, -0.2) is 12.1 Å². The Hall–Kier alpha value is -0.357. The summed E-state index contributed by atoms with van der Waals surface area (Å²) in [6.45, 7) is 0. The molecular weight excluding hydrogens is 330 g/mol. The van der Waals surface area contributed by atoms with Crippen LogP contribution in [0.15, 0.2) is 72.8 Å². The summed E-state index contributed by atoms with van der Waals surface area (Å²) in [5.41, 5.74) is 0. The molecule has 0 radical (unpaired) electrons. The molecule has 0 saturated heterocycles. The Morgan fingerprint density at radius 1 is 0.706 bits per heavy atom. The first-order valence-corrected chi connectivity index (χ1v) is 4.74. The van der Waals surface area contributed by atoms with Gasteiger partial charge in [0.15, 0.2) is 0 Å². The zero-order valence-corrected chi connectivity index (χ0v) is 13.2. The summed E-state index contributed by atoms with van der Waals surface area (Å²) in [5.74, 6) is 0. The molecule has 0 heterocycles. The Balaban J connectivity index is 0. The maximum Gasteiger partial charge on any atom is 4.00 e. The van der Waals surface area contributed by atoms with Crippen molar-refractivity contribution >= 4 is 10.8 Å². The molecule has 0 nitrogen and oxygen atoms in total. The van der Waals surface area contributed by atoms with E-state index in [1.165, 1.54) is 10.8 Å². The molecule has 0 aliphatic carbocycles. The van der Waals surface area contributed by atoms with Crippen LogP contribution in [0.4, 0.5) is 0 Å². The van der Waals surface area contributed by atoms with Crippen molar-refractivity contribution in [2.45, 2.75) is 0 Å². The van der Waals surface area contributed by atoms with Crippen LogP contribution in [0, 0.1) is 0 Å². The molecule has 0 spiro atoms. The first-order chi connectivity index (χ1) is 6.97. The Bertz CT molecular complexity index is 424. The van der Waals surface area contributed by atoms with Gasteiger partial charge in [-0.05, 0) is 0 Å². The van der Waals surface area contributed by atoms with Gasteiger partial charge in [-0.2, -0.15) is 35.7 Å². The number of fused-ring (bicyclic) bond motifs is 1. The van der Waals surface area contributed by atoms with Crippen molar-refractivity contribution in [3.63, 3.8) is 0 Å². The molecule has 3 aromatic carbocycles. The molecule has 0 aliphatic rings. The van der Waals surface area contributed by atoms with Gasteiger partial charge in [0, 0.05) is 0 Å². The standard InChI is InChI=1S/C9H7.C5H5.2ClH.Zr/c1-2-5-9-7-3-6-8(9)4-1;1-2-4-5-3-1;;;/h1-7H;1-5H;2*1H;/q2*-1;;;+4/p-2. The molecular formula is C14H12Cl2Zr. The molecule has 17 heavy (non-hydrogen) atoms. The van der Waals surface area contributed by atoms with Gasteiger partial charge in [0.05, 0.1) is 0 Å². The second-order valence-corrected chi connectivity index (χ2v) is 3.12. The van der Waals surface area contributed by atoms with Crippen molar-refractivity contribution in [1.82, 2.24) is 0 Å². The first-order valence-electron chi connectivity index (χ1n) is 4.74.